The Balaban J connectivity index is 1.65. The molecule has 0 amide bonds. The highest BCUT2D eigenvalue weighted by Gasteiger charge is 2.44. The molecule has 3 aliphatic rings. The van der Waals surface area contributed by atoms with Crippen molar-refractivity contribution in [3.8, 4) is 0 Å². The molecule has 0 bridgehead atoms. The fraction of sp³-hybridized carbons (Fsp3) is 1.00. The molecule has 0 aromatic heterocycles. The molecule has 4 atom stereocenters. The normalized spacial score (nSPS) is 43.7. The second-order valence-corrected chi connectivity index (χ2v) is 6.70. The van der Waals surface area contributed by atoms with E-state index in [1.807, 2.05) is 0 Å². The largest absolute Gasteiger partial charge is 0.378 e. The van der Waals surface area contributed by atoms with E-state index < -0.39 is 0 Å². The van der Waals surface area contributed by atoms with Gasteiger partial charge in [0.05, 0.1) is 12.2 Å². The van der Waals surface area contributed by atoms with Gasteiger partial charge >= 0.3 is 0 Å². The average molecular weight is 267 g/mol. The predicted octanol–water partition coefficient (Wildman–Crippen LogP) is 2.74. The highest BCUT2D eigenvalue weighted by atomic mass is 16.6. The molecule has 110 valence electrons. The van der Waals surface area contributed by atoms with Crippen molar-refractivity contribution >= 4 is 0 Å². The topological polar surface area (TPSA) is 30.5 Å². The molecule has 3 nitrogen and oxygen atoms in total. The van der Waals surface area contributed by atoms with Crippen LogP contribution in [0.2, 0.25) is 0 Å². The maximum atomic E-state index is 6.10. The van der Waals surface area contributed by atoms with Gasteiger partial charge < -0.3 is 14.8 Å². The molecule has 1 N–H and O–H groups in total. The number of nitrogens with one attached hydrogen (secondary N) is 1. The van der Waals surface area contributed by atoms with E-state index in [-0.39, 0.29) is 5.60 Å². The fourth-order valence-electron chi connectivity index (χ4n) is 4.53. The summed E-state index contributed by atoms with van der Waals surface area (Å²) >= 11 is 0. The second-order valence-electron chi connectivity index (χ2n) is 6.70. The van der Waals surface area contributed by atoms with E-state index in [1.165, 1.54) is 38.5 Å². The van der Waals surface area contributed by atoms with E-state index in [1.54, 1.807) is 0 Å². The van der Waals surface area contributed by atoms with Crippen LogP contribution in [0.4, 0.5) is 0 Å². The van der Waals surface area contributed by atoms with E-state index in [9.17, 15) is 0 Å². The summed E-state index contributed by atoms with van der Waals surface area (Å²) in [5, 5.41) is 3.74. The monoisotopic (exact) mass is 267 g/mol. The first-order chi connectivity index (χ1) is 9.33. The lowest BCUT2D eigenvalue weighted by Gasteiger charge is -2.44. The Morgan fingerprint density at radius 1 is 1.16 bits per heavy atom. The number of rotatable bonds is 3. The van der Waals surface area contributed by atoms with Gasteiger partial charge in [-0.1, -0.05) is 19.8 Å². The summed E-state index contributed by atoms with van der Waals surface area (Å²) in [6, 6.07) is 0.751. The van der Waals surface area contributed by atoms with E-state index in [0.717, 1.165) is 50.7 Å². The molecule has 2 saturated heterocycles. The minimum atomic E-state index is 0.0805. The zero-order valence-electron chi connectivity index (χ0n) is 12.3. The van der Waals surface area contributed by atoms with Crippen LogP contribution in [0.1, 0.15) is 51.9 Å². The molecule has 4 unspecified atom stereocenters. The van der Waals surface area contributed by atoms with Crippen LogP contribution in [0.25, 0.3) is 0 Å². The molecule has 3 heteroatoms. The van der Waals surface area contributed by atoms with E-state index in [4.69, 9.17) is 9.47 Å². The predicted molar refractivity (Wildman–Crippen MR) is 76.3 cm³/mol. The highest BCUT2D eigenvalue weighted by Crippen LogP contribution is 2.42. The summed E-state index contributed by atoms with van der Waals surface area (Å²) < 4.78 is 11.7. The maximum Gasteiger partial charge on any atom is 0.0939 e. The molecule has 0 radical (unpaired) electrons. The summed E-state index contributed by atoms with van der Waals surface area (Å²) in [5.74, 6) is 1.72. The first kappa shape index (κ1) is 13.8. The van der Waals surface area contributed by atoms with Gasteiger partial charge in [0.1, 0.15) is 0 Å². The van der Waals surface area contributed by atoms with Crippen molar-refractivity contribution in [1.29, 1.82) is 0 Å². The lowest BCUT2D eigenvalue weighted by molar-refractivity contribution is -0.110. The van der Waals surface area contributed by atoms with Crippen LogP contribution >= 0.6 is 0 Å². The van der Waals surface area contributed by atoms with Gasteiger partial charge in [-0.05, 0) is 44.1 Å². The number of hydrogen-bond donors (Lipinski definition) is 1. The molecule has 3 fully saturated rings. The standard InChI is InChI=1S/C16H29NO2/c1-2-17-15-6-4-3-5-14(15)13-7-9-19-16(11-13)8-10-18-12-16/h13-15,17H,2-12H2,1H3. The zero-order valence-corrected chi connectivity index (χ0v) is 12.3. The second kappa shape index (κ2) is 6.11. The molecule has 1 spiro atoms. The molecule has 1 saturated carbocycles. The van der Waals surface area contributed by atoms with Gasteiger partial charge in [0.15, 0.2) is 0 Å². The summed E-state index contributed by atoms with van der Waals surface area (Å²) in [5.41, 5.74) is 0.0805. The van der Waals surface area contributed by atoms with E-state index >= 15 is 0 Å². The number of hydrogen-bond acceptors (Lipinski definition) is 3. The van der Waals surface area contributed by atoms with Gasteiger partial charge in [-0.2, -0.15) is 0 Å². The maximum absolute atomic E-state index is 6.10. The minimum absolute atomic E-state index is 0.0805. The quantitative estimate of drug-likeness (QED) is 0.853. The Kier molecular flexibility index (Phi) is 4.45. The first-order valence-corrected chi connectivity index (χ1v) is 8.28. The van der Waals surface area contributed by atoms with Crippen LogP contribution in [-0.2, 0) is 9.47 Å². The fourth-order valence-corrected chi connectivity index (χ4v) is 4.53. The van der Waals surface area contributed by atoms with Crippen molar-refractivity contribution in [2.24, 2.45) is 11.8 Å². The highest BCUT2D eigenvalue weighted by molar-refractivity contribution is 4.95. The Morgan fingerprint density at radius 3 is 2.84 bits per heavy atom. The molecule has 0 aromatic rings. The van der Waals surface area contributed by atoms with Crippen LogP contribution in [0.15, 0.2) is 0 Å². The molecule has 0 aromatic carbocycles. The van der Waals surface area contributed by atoms with Gasteiger partial charge in [-0.15, -0.1) is 0 Å². The van der Waals surface area contributed by atoms with Gasteiger partial charge in [0, 0.05) is 25.7 Å². The van der Waals surface area contributed by atoms with Crippen molar-refractivity contribution in [2.75, 3.05) is 26.4 Å². The molecule has 19 heavy (non-hydrogen) atoms. The minimum Gasteiger partial charge on any atom is -0.378 e. The van der Waals surface area contributed by atoms with E-state index in [0.29, 0.717) is 0 Å². The summed E-state index contributed by atoms with van der Waals surface area (Å²) in [4.78, 5) is 0. The molecular formula is C16H29NO2. The zero-order chi connectivity index (χ0) is 13.1. The Bertz CT molecular complexity index is 286. The molecule has 2 aliphatic heterocycles. The van der Waals surface area contributed by atoms with Gasteiger partial charge in [0.25, 0.3) is 0 Å². The van der Waals surface area contributed by atoms with Gasteiger partial charge in [-0.25, -0.2) is 0 Å². The van der Waals surface area contributed by atoms with Crippen LogP contribution in [0.5, 0.6) is 0 Å². The third-order valence-corrected chi connectivity index (χ3v) is 5.49. The summed E-state index contributed by atoms with van der Waals surface area (Å²) in [6.07, 6.45) is 9.23. The van der Waals surface area contributed by atoms with Crippen LogP contribution in [0.3, 0.4) is 0 Å². The van der Waals surface area contributed by atoms with Gasteiger partial charge in [-0.3, -0.25) is 0 Å². The molecular weight excluding hydrogens is 238 g/mol. The van der Waals surface area contributed by atoms with Crippen LogP contribution < -0.4 is 5.32 Å². The lowest BCUT2D eigenvalue weighted by atomic mass is 9.70. The average Bonchev–Trinajstić information content (AvgIpc) is 2.88. The Morgan fingerprint density at radius 2 is 2.05 bits per heavy atom. The van der Waals surface area contributed by atoms with Gasteiger partial charge in [0.2, 0.25) is 0 Å². The van der Waals surface area contributed by atoms with E-state index in [2.05, 4.69) is 12.2 Å². The third kappa shape index (κ3) is 2.98. The molecule has 2 heterocycles. The lowest BCUT2D eigenvalue weighted by Crippen LogP contribution is -2.48. The summed E-state index contributed by atoms with van der Waals surface area (Å²) in [7, 11) is 0. The smallest absolute Gasteiger partial charge is 0.0939 e. The molecule has 1 aliphatic carbocycles. The Labute approximate surface area is 117 Å². The van der Waals surface area contributed by atoms with Crippen molar-refractivity contribution in [3.63, 3.8) is 0 Å². The van der Waals surface area contributed by atoms with Crippen molar-refractivity contribution in [2.45, 2.75) is 63.5 Å². The Hall–Kier alpha value is -0.120. The number of ether oxygens (including phenoxy) is 2. The van der Waals surface area contributed by atoms with Crippen molar-refractivity contribution in [3.05, 3.63) is 0 Å². The molecule has 3 rings (SSSR count). The summed E-state index contributed by atoms with van der Waals surface area (Å²) in [6.45, 7) is 6.03. The van der Waals surface area contributed by atoms with Crippen molar-refractivity contribution < 1.29 is 9.47 Å². The van der Waals surface area contributed by atoms with Crippen LogP contribution in [-0.4, -0.2) is 38.0 Å². The SMILES string of the molecule is CCNC1CCCCC1C1CCOC2(CCOC2)C1. The van der Waals surface area contributed by atoms with Crippen molar-refractivity contribution in [1.82, 2.24) is 5.32 Å². The first-order valence-electron chi connectivity index (χ1n) is 8.28. The third-order valence-electron chi connectivity index (χ3n) is 5.49. The van der Waals surface area contributed by atoms with Crippen LogP contribution in [0, 0.1) is 11.8 Å².